The summed E-state index contributed by atoms with van der Waals surface area (Å²) in [5, 5.41) is 12.5. The van der Waals surface area contributed by atoms with E-state index in [2.05, 4.69) is 32.3 Å². The number of hydrogen-bond acceptors (Lipinski definition) is 8. The van der Waals surface area contributed by atoms with Gasteiger partial charge < -0.3 is 30.6 Å². The number of halogens is 3. The van der Waals surface area contributed by atoms with Gasteiger partial charge in [-0.1, -0.05) is 6.58 Å². The number of allylic oxidation sites excluding steroid dienone is 2. The molecule has 0 aromatic carbocycles. The molecule has 6 rings (SSSR count). The van der Waals surface area contributed by atoms with Gasteiger partial charge >= 0.3 is 5.97 Å². The Morgan fingerprint density at radius 3 is 2.74 bits per heavy atom. The molecule has 0 aliphatic carbocycles. The highest BCUT2D eigenvalue weighted by Crippen LogP contribution is 2.47. The van der Waals surface area contributed by atoms with Gasteiger partial charge in [0.1, 0.15) is 28.4 Å². The average molecular weight is 595 g/mol. The molecular formula is C29H29F3N8O3. The minimum Gasteiger partial charge on any atom is -0.477 e. The first-order valence-electron chi connectivity index (χ1n) is 13.5. The molecule has 4 aromatic heterocycles. The highest BCUT2D eigenvalue weighted by Gasteiger charge is 2.54. The highest BCUT2D eigenvalue weighted by atomic mass is 19.1. The third-order valence-electron chi connectivity index (χ3n) is 8.24. The summed E-state index contributed by atoms with van der Waals surface area (Å²) in [6.45, 7) is 4.14. The minimum absolute atomic E-state index is 0.0109. The van der Waals surface area contributed by atoms with Crippen LogP contribution in [0.1, 0.15) is 22.5 Å². The summed E-state index contributed by atoms with van der Waals surface area (Å²) in [7, 11) is 4.88. The Balaban J connectivity index is 1.65. The number of aromatic nitrogens is 4. The number of aromatic carboxylic acids is 1. The van der Waals surface area contributed by atoms with Crippen molar-refractivity contribution in [2.75, 3.05) is 51.1 Å². The third-order valence-corrected chi connectivity index (χ3v) is 8.24. The van der Waals surface area contributed by atoms with Crippen LogP contribution in [0.4, 0.5) is 18.9 Å². The van der Waals surface area contributed by atoms with Gasteiger partial charge in [0.15, 0.2) is 11.5 Å². The van der Waals surface area contributed by atoms with E-state index in [0.29, 0.717) is 23.4 Å². The van der Waals surface area contributed by atoms with E-state index < -0.39 is 40.3 Å². The molecule has 224 valence electrons. The maximum Gasteiger partial charge on any atom is 0.341 e. The molecule has 2 fully saturated rings. The Morgan fingerprint density at radius 1 is 1.30 bits per heavy atom. The van der Waals surface area contributed by atoms with Crippen LogP contribution in [0.15, 0.2) is 47.9 Å². The first-order valence-corrected chi connectivity index (χ1v) is 13.5. The van der Waals surface area contributed by atoms with E-state index in [9.17, 15) is 19.1 Å². The van der Waals surface area contributed by atoms with Gasteiger partial charge in [-0.25, -0.2) is 32.6 Å². The molecule has 2 unspecified atom stereocenters. The number of hydrogen-bond donors (Lipinski definition) is 4. The lowest BCUT2D eigenvalue weighted by molar-refractivity contribution is 0.0695. The van der Waals surface area contributed by atoms with Gasteiger partial charge in [-0.3, -0.25) is 4.79 Å². The molecule has 14 heteroatoms. The lowest BCUT2D eigenvalue weighted by atomic mass is 9.99. The summed E-state index contributed by atoms with van der Waals surface area (Å²) in [6, 6.07) is 0.881. The molecule has 6 heterocycles. The number of likely N-dealkylation sites (tertiary alicyclic amines) is 1. The molecule has 11 nitrogen and oxygen atoms in total. The van der Waals surface area contributed by atoms with Crippen LogP contribution in [0.2, 0.25) is 0 Å². The summed E-state index contributed by atoms with van der Waals surface area (Å²) in [4.78, 5) is 40.5. The minimum atomic E-state index is -1.53. The largest absolute Gasteiger partial charge is 0.477 e. The summed E-state index contributed by atoms with van der Waals surface area (Å²) < 4.78 is 47.6. The van der Waals surface area contributed by atoms with E-state index in [1.165, 1.54) is 30.2 Å². The molecule has 0 spiro atoms. The quantitative estimate of drug-likeness (QED) is 0.238. The van der Waals surface area contributed by atoms with Crippen molar-refractivity contribution in [1.82, 2.24) is 29.8 Å². The monoisotopic (exact) mass is 594 g/mol. The summed E-state index contributed by atoms with van der Waals surface area (Å²) in [5.74, 6) is -2.93. The van der Waals surface area contributed by atoms with Gasteiger partial charge in [0, 0.05) is 69.9 Å². The van der Waals surface area contributed by atoms with E-state index in [1.807, 2.05) is 16.8 Å². The van der Waals surface area contributed by atoms with Crippen LogP contribution < -0.4 is 21.1 Å². The maximum atomic E-state index is 16.4. The second kappa shape index (κ2) is 10.2. The van der Waals surface area contributed by atoms with E-state index in [0.717, 1.165) is 12.3 Å². The second-order valence-corrected chi connectivity index (χ2v) is 10.9. The molecule has 4 N–H and O–H groups in total. The number of carboxylic acid groups (broad SMARTS) is 1. The molecule has 2 aliphatic heterocycles. The van der Waals surface area contributed by atoms with Crippen molar-refractivity contribution in [3.05, 3.63) is 70.4 Å². The number of pyridine rings is 3. The molecule has 2 aliphatic rings. The Labute approximate surface area is 243 Å². The van der Waals surface area contributed by atoms with Crippen LogP contribution in [-0.2, 0) is 0 Å². The van der Waals surface area contributed by atoms with Crippen molar-refractivity contribution in [2.24, 2.45) is 0 Å². The van der Waals surface area contributed by atoms with Crippen LogP contribution in [0.5, 0.6) is 0 Å². The number of nitrogens with zero attached hydrogens (tertiary/aromatic N) is 5. The number of aromatic amines is 1. The number of fused-ring (bicyclic) bond motifs is 3. The van der Waals surface area contributed by atoms with Crippen molar-refractivity contribution in [3.8, 4) is 11.1 Å². The van der Waals surface area contributed by atoms with Gasteiger partial charge in [0.2, 0.25) is 5.43 Å². The zero-order chi connectivity index (χ0) is 30.8. The Kier molecular flexibility index (Phi) is 6.68. The number of H-pyrrole nitrogens is 1. The van der Waals surface area contributed by atoms with Crippen LogP contribution in [0, 0.1) is 5.82 Å². The van der Waals surface area contributed by atoms with Crippen molar-refractivity contribution in [1.29, 1.82) is 0 Å². The van der Waals surface area contributed by atoms with Crippen molar-refractivity contribution in [2.45, 2.75) is 18.1 Å². The van der Waals surface area contributed by atoms with Crippen LogP contribution in [-0.4, -0.2) is 88.1 Å². The van der Waals surface area contributed by atoms with Crippen LogP contribution in [0.25, 0.3) is 38.9 Å². The zero-order valence-electron chi connectivity index (χ0n) is 23.6. The number of carbonyl (C=O) groups is 1. The average Bonchev–Trinajstić information content (AvgIpc) is 3.57. The molecule has 4 aromatic rings. The van der Waals surface area contributed by atoms with Crippen LogP contribution in [0.3, 0.4) is 0 Å². The smallest absolute Gasteiger partial charge is 0.341 e. The topological polar surface area (TPSA) is 131 Å². The summed E-state index contributed by atoms with van der Waals surface area (Å²) in [5.41, 5.74) is 1.48. The van der Waals surface area contributed by atoms with E-state index in [1.54, 1.807) is 7.05 Å². The first kappa shape index (κ1) is 28.3. The lowest BCUT2D eigenvalue weighted by Gasteiger charge is -2.30. The predicted molar refractivity (Wildman–Crippen MR) is 158 cm³/mol. The predicted octanol–water partition coefficient (Wildman–Crippen LogP) is 3.23. The van der Waals surface area contributed by atoms with Gasteiger partial charge in [-0.15, -0.1) is 0 Å². The molecular weight excluding hydrogens is 565 g/mol. The van der Waals surface area contributed by atoms with Crippen molar-refractivity contribution >= 4 is 39.4 Å². The fraction of sp³-hybridized carbons (Fsp3) is 0.310. The number of alkyl halides is 1. The van der Waals surface area contributed by atoms with E-state index in [4.69, 9.17) is 0 Å². The molecule has 0 radical (unpaired) electrons. The summed E-state index contributed by atoms with van der Waals surface area (Å²) in [6.07, 6.45) is 5.36. The number of rotatable bonds is 7. The van der Waals surface area contributed by atoms with E-state index in [-0.39, 0.29) is 53.0 Å². The normalized spacial score (nSPS) is 20.7. The van der Waals surface area contributed by atoms with E-state index >= 15 is 8.78 Å². The maximum absolute atomic E-state index is 16.4. The second-order valence-electron chi connectivity index (χ2n) is 10.9. The number of likely N-dealkylation sites (N-methyl/N-ethyl adjacent to an activating group) is 1. The molecule has 0 amide bonds. The third kappa shape index (κ3) is 4.40. The van der Waals surface area contributed by atoms with Gasteiger partial charge in [0.25, 0.3) is 0 Å². The van der Waals surface area contributed by atoms with Crippen molar-refractivity contribution < 1.29 is 23.1 Å². The lowest BCUT2D eigenvalue weighted by Crippen LogP contribution is -2.41. The fourth-order valence-corrected chi connectivity index (χ4v) is 6.34. The van der Waals surface area contributed by atoms with Crippen LogP contribution >= 0.6 is 0 Å². The van der Waals surface area contributed by atoms with Gasteiger partial charge in [-0.05, 0) is 19.2 Å². The van der Waals surface area contributed by atoms with Crippen molar-refractivity contribution in [3.63, 3.8) is 0 Å². The molecule has 0 bridgehead atoms. The first-order chi connectivity index (χ1) is 20.5. The van der Waals surface area contributed by atoms with Gasteiger partial charge in [0.05, 0.1) is 28.2 Å². The molecule has 43 heavy (non-hydrogen) atoms. The molecule has 2 saturated heterocycles. The Bertz CT molecular complexity index is 1920. The molecule has 2 atom stereocenters. The Morgan fingerprint density at radius 2 is 2.07 bits per heavy atom. The number of anilines is 1. The number of carboxylic acids is 1. The highest BCUT2D eigenvalue weighted by molar-refractivity contribution is 6.02. The molecule has 0 saturated carbocycles. The number of nitrogens with one attached hydrogen (secondary N) is 3. The SMILES string of the molecule is C=C(F)/C=C(/NC)c1[nH]c2ncc(-c3cnc4c(c3)c(=O)c(C(=O)O)cn4NC)c(N3CCC4(F)CN(C)CC34)c2c1F. The van der Waals surface area contributed by atoms with Gasteiger partial charge in [-0.2, -0.15) is 0 Å². The zero-order valence-corrected chi connectivity index (χ0v) is 23.6. The fourth-order valence-electron chi connectivity index (χ4n) is 6.34. The Hall–Kier alpha value is -4.85. The summed E-state index contributed by atoms with van der Waals surface area (Å²) >= 11 is 0. The standard InChI is InChI=1S/C29H29F3N8O3/c1-14(30)7-19(33-2)23-22(31)21-24(39-6-5-29(32)13-38(4)12-20(29)39)17(10-35-26(21)37-23)15-8-16-25(41)18(28(42)43)11-40(34-3)27(16)36-9-15/h7-11,20,33-34H,1,5-6,12-13H2,2-4H3,(H,35,37)(H,42,43)/b19-7+.